The molecule has 1 amide bonds. The van der Waals surface area contributed by atoms with Crippen molar-refractivity contribution in [3.05, 3.63) is 35.9 Å². The van der Waals surface area contributed by atoms with E-state index in [4.69, 9.17) is 9.84 Å². The molecule has 5 heteroatoms. The van der Waals surface area contributed by atoms with Crippen LogP contribution in [0.4, 0.5) is 0 Å². The summed E-state index contributed by atoms with van der Waals surface area (Å²) in [5, 5.41) is 8.55. The number of ether oxygens (including phenoxy) is 1. The standard InChI is InChI=1S/C16H17NO4/c18-15(7-6-13-4-2-1-3-5-13)17-10-8-14(9-11-17)21-12-16(19)20/h1-5,14H,8-12H2,(H,19,20). The number of likely N-dealkylation sites (tertiary alicyclic amines) is 1. The molecule has 0 bridgehead atoms. The first-order chi connectivity index (χ1) is 10.1. The lowest BCUT2D eigenvalue weighted by atomic mass is 10.1. The van der Waals surface area contributed by atoms with Crippen molar-refractivity contribution in [2.24, 2.45) is 0 Å². The van der Waals surface area contributed by atoms with Gasteiger partial charge in [0.2, 0.25) is 0 Å². The number of nitrogens with zero attached hydrogens (tertiary/aromatic N) is 1. The normalized spacial score (nSPS) is 15.1. The molecule has 1 aromatic rings. The van der Waals surface area contributed by atoms with Gasteiger partial charge in [-0.2, -0.15) is 0 Å². The molecule has 1 aromatic carbocycles. The fourth-order valence-corrected chi connectivity index (χ4v) is 2.14. The molecule has 0 aromatic heterocycles. The number of hydrogen-bond donors (Lipinski definition) is 1. The lowest BCUT2D eigenvalue weighted by Crippen LogP contribution is -2.40. The van der Waals surface area contributed by atoms with Gasteiger partial charge in [0.05, 0.1) is 6.10 Å². The first-order valence-corrected chi connectivity index (χ1v) is 6.84. The van der Waals surface area contributed by atoms with Crippen LogP contribution in [-0.4, -0.2) is 47.7 Å². The van der Waals surface area contributed by atoms with Crippen molar-refractivity contribution in [3.63, 3.8) is 0 Å². The van der Waals surface area contributed by atoms with E-state index >= 15 is 0 Å². The fraction of sp³-hybridized carbons (Fsp3) is 0.375. The average Bonchev–Trinajstić information content (AvgIpc) is 2.52. The van der Waals surface area contributed by atoms with Crippen LogP contribution in [0, 0.1) is 11.8 Å². The lowest BCUT2D eigenvalue weighted by Gasteiger charge is -2.30. The Kier molecular flexibility index (Phi) is 5.35. The van der Waals surface area contributed by atoms with Crippen molar-refractivity contribution in [3.8, 4) is 11.8 Å². The highest BCUT2D eigenvalue weighted by Crippen LogP contribution is 2.13. The third-order valence-electron chi connectivity index (χ3n) is 3.26. The molecule has 5 nitrogen and oxygen atoms in total. The SMILES string of the molecule is O=C(O)COC1CCN(C(=O)C#Cc2ccccc2)CC1. The van der Waals surface area contributed by atoms with E-state index in [1.165, 1.54) is 0 Å². The van der Waals surface area contributed by atoms with Gasteiger partial charge in [-0.05, 0) is 25.0 Å². The van der Waals surface area contributed by atoms with Crippen molar-refractivity contribution in [1.29, 1.82) is 0 Å². The summed E-state index contributed by atoms with van der Waals surface area (Å²) in [4.78, 5) is 24.1. The highest BCUT2D eigenvalue weighted by Gasteiger charge is 2.22. The first-order valence-electron chi connectivity index (χ1n) is 6.84. The fourth-order valence-electron chi connectivity index (χ4n) is 2.14. The highest BCUT2D eigenvalue weighted by molar-refractivity contribution is 5.94. The summed E-state index contributed by atoms with van der Waals surface area (Å²) in [6, 6.07) is 9.35. The van der Waals surface area contributed by atoms with Gasteiger partial charge in [0.15, 0.2) is 0 Å². The minimum Gasteiger partial charge on any atom is -0.480 e. The predicted molar refractivity (Wildman–Crippen MR) is 76.5 cm³/mol. The Labute approximate surface area is 123 Å². The van der Waals surface area contributed by atoms with Gasteiger partial charge in [-0.25, -0.2) is 4.79 Å². The molecule has 0 radical (unpaired) electrons. The van der Waals surface area contributed by atoms with Crippen LogP contribution in [0.3, 0.4) is 0 Å². The minimum absolute atomic E-state index is 0.0905. The Morgan fingerprint density at radius 2 is 1.90 bits per heavy atom. The Balaban J connectivity index is 1.81. The van der Waals surface area contributed by atoms with Gasteiger partial charge in [0.1, 0.15) is 6.61 Å². The molecule has 1 aliphatic rings. The molecule has 0 spiro atoms. The molecule has 0 atom stereocenters. The number of benzene rings is 1. The zero-order chi connectivity index (χ0) is 15.1. The van der Waals surface area contributed by atoms with Gasteiger partial charge in [-0.1, -0.05) is 24.1 Å². The monoisotopic (exact) mass is 287 g/mol. The summed E-state index contributed by atoms with van der Waals surface area (Å²) in [6.07, 6.45) is 1.20. The van der Waals surface area contributed by atoms with E-state index in [9.17, 15) is 9.59 Å². The maximum Gasteiger partial charge on any atom is 0.329 e. The molecule has 1 N–H and O–H groups in total. The molecule has 1 saturated heterocycles. The average molecular weight is 287 g/mol. The Morgan fingerprint density at radius 3 is 2.52 bits per heavy atom. The molecule has 0 unspecified atom stereocenters. The van der Waals surface area contributed by atoms with E-state index in [0.717, 1.165) is 5.56 Å². The van der Waals surface area contributed by atoms with Crippen LogP contribution in [0.1, 0.15) is 18.4 Å². The quantitative estimate of drug-likeness (QED) is 0.846. The second kappa shape index (κ2) is 7.46. The van der Waals surface area contributed by atoms with Crippen molar-refractivity contribution in [2.45, 2.75) is 18.9 Å². The second-order valence-electron chi connectivity index (χ2n) is 4.81. The topological polar surface area (TPSA) is 66.8 Å². The molecule has 21 heavy (non-hydrogen) atoms. The third-order valence-corrected chi connectivity index (χ3v) is 3.26. The summed E-state index contributed by atoms with van der Waals surface area (Å²) >= 11 is 0. The summed E-state index contributed by atoms with van der Waals surface area (Å²) < 4.78 is 5.23. The maximum absolute atomic E-state index is 12.0. The predicted octanol–water partition coefficient (Wildman–Crippen LogP) is 1.13. The van der Waals surface area contributed by atoms with Crippen LogP contribution in [0.25, 0.3) is 0 Å². The number of aliphatic carboxylic acids is 1. The molecule has 0 aliphatic carbocycles. The van der Waals surface area contributed by atoms with Crippen LogP contribution in [0.2, 0.25) is 0 Å². The van der Waals surface area contributed by atoms with Crippen LogP contribution < -0.4 is 0 Å². The van der Waals surface area contributed by atoms with E-state index in [2.05, 4.69) is 11.8 Å². The van der Waals surface area contributed by atoms with Crippen molar-refractivity contribution in [1.82, 2.24) is 4.90 Å². The Hall–Kier alpha value is -2.32. The number of carbonyl (C=O) groups is 2. The molecule has 1 aliphatic heterocycles. The molecule has 2 rings (SSSR count). The summed E-state index contributed by atoms with van der Waals surface area (Å²) in [5.74, 6) is 4.31. The number of hydrogen-bond acceptors (Lipinski definition) is 3. The van der Waals surface area contributed by atoms with Crippen molar-refractivity contribution < 1.29 is 19.4 Å². The van der Waals surface area contributed by atoms with Crippen molar-refractivity contribution >= 4 is 11.9 Å². The van der Waals surface area contributed by atoms with E-state index in [-0.39, 0.29) is 18.6 Å². The van der Waals surface area contributed by atoms with Crippen LogP contribution >= 0.6 is 0 Å². The maximum atomic E-state index is 12.0. The number of carboxylic acid groups (broad SMARTS) is 1. The molecular weight excluding hydrogens is 270 g/mol. The number of piperidine rings is 1. The number of rotatable bonds is 3. The van der Waals surface area contributed by atoms with E-state index < -0.39 is 5.97 Å². The zero-order valence-electron chi connectivity index (χ0n) is 11.6. The van der Waals surface area contributed by atoms with Gasteiger partial charge in [0, 0.05) is 24.6 Å². The number of carbonyl (C=O) groups excluding carboxylic acids is 1. The van der Waals surface area contributed by atoms with Gasteiger partial charge in [0.25, 0.3) is 5.91 Å². The lowest BCUT2D eigenvalue weighted by molar-refractivity contribution is -0.146. The zero-order valence-corrected chi connectivity index (χ0v) is 11.6. The van der Waals surface area contributed by atoms with Gasteiger partial charge < -0.3 is 14.7 Å². The van der Waals surface area contributed by atoms with E-state index in [0.29, 0.717) is 25.9 Å². The van der Waals surface area contributed by atoms with Crippen LogP contribution in [0.15, 0.2) is 30.3 Å². The number of carboxylic acids is 1. The van der Waals surface area contributed by atoms with Crippen molar-refractivity contribution in [2.75, 3.05) is 19.7 Å². The molecule has 0 saturated carbocycles. The minimum atomic E-state index is -0.970. The Bertz CT molecular complexity index is 551. The summed E-state index contributed by atoms with van der Waals surface area (Å²) in [5.41, 5.74) is 0.811. The van der Waals surface area contributed by atoms with E-state index in [1.54, 1.807) is 4.90 Å². The summed E-state index contributed by atoms with van der Waals surface area (Å²) in [6.45, 7) is 0.811. The molecule has 1 heterocycles. The third kappa shape index (κ3) is 4.93. The second-order valence-corrected chi connectivity index (χ2v) is 4.81. The molecular formula is C16H17NO4. The highest BCUT2D eigenvalue weighted by atomic mass is 16.5. The molecule has 1 fully saturated rings. The smallest absolute Gasteiger partial charge is 0.329 e. The molecule has 110 valence electrons. The van der Waals surface area contributed by atoms with Crippen LogP contribution in [-0.2, 0) is 14.3 Å². The van der Waals surface area contributed by atoms with Crippen LogP contribution in [0.5, 0.6) is 0 Å². The van der Waals surface area contributed by atoms with Gasteiger partial charge in [-0.15, -0.1) is 0 Å². The first kappa shape index (κ1) is 15.1. The van der Waals surface area contributed by atoms with E-state index in [1.807, 2.05) is 30.3 Å². The van der Waals surface area contributed by atoms with Gasteiger partial charge in [-0.3, -0.25) is 4.79 Å². The Morgan fingerprint density at radius 1 is 1.24 bits per heavy atom. The van der Waals surface area contributed by atoms with Gasteiger partial charge >= 0.3 is 5.97 Å². The number of amides is 1. The largest absolute Gasteiger partial charge is 0.480 e. The summed E-state index contributed by atoms with van der Waals surface area (Å²) in [7, 11) is 0.